The number of thiazole rings is 1. The zero-order valence-corrected chi connectivity index (χ0v) is 37.0. The Hall–Kier alpha value is -4.29. The average molecular weight is 865 g/mol. The van der Waals surface area contributed by atoms with E-state index < -0.39 is 70.8 Å². The topological polar surface area (TPSA) is 206 Å². The Morgan fingerprint density at radius 3 is 2.36 bits per heavy atom. The normalized spacial score (nSPS) is 31.2. The van der Waals surface area contributed by atoms with Crippen LogP contribution >= 0.6 is 11.3 Å². The Morgan fingerprint density at radius 1 is 0.984 bits per heavy atom. The minimum Gasteiger partial charge on any atom is -0.391 e. The molecular formula is C44H60N6O10S. The molecule has 6 fully saturated rings. The van der Waals surface area contributed by atoms with E-state index in [1.165, 1.54) is 9.91 Å². The third-order valence-corrected chi connectivity index (χ3v) is 14.5. The van der Waals surface area contributed by atoms with Gasteiger partial charge in [-0.1, -0.05) is 58.9 Å². The lowest BCUT2D eigenvalue weighted by Gasteiger charge is -2.61. The quantitative estimate of drug-likeness (QED) is 0.211. The molecule has 1 aromatic heterocycles. The predicted octanol–water partition coefficient (Wildman–Crippen LogP) is 4.08. The number of nitrogens with one attached hydrogen (secondary N) is 3. The molecule has 10 atom stereocenters. The molecule has 332 valence electrons. The smallest absolute Gasteiger partial charge is 0.246 e. The van der Waals surface area contributed by atoms with E-state index in [-0.39, 0.29) is 68.7 Å². The van der Waals surface area contributed by atoms with E-state index in [1.54, 1.807) is 44.5 Å². The highest BCUT2D eigenvalue weighted by Gasteiger charge is 2.71. The molecule has 6 heterocycles. The van der Waals surface area contributed by atoms with Gasteiger partial charge >= 0.3 is 0 Å². The second-order valence-electron chi connectivity index (χ2n) is 18.9. The standard InChI is InChI=1S/C44H60N6O10S/c1-24-8-15-32-25(2)39(56)50(41-44(32)31(24)18-19-43(7,58-41)59-60-44)48-35(54)17-14-29(51)13-16-34(53)47-37(42(4,5)6)40(57)49-22-30(52)20-33(49)38(55)45-21-27-9-11-28(12-10-27)36-26(3)46-23-61-36/h9-12,23-25,30-33,37,41,52H,8,13-22H2,1-7H3,(H,45,55)(H,47,53)(H,48,54). The number of aliphatic hydroxyl groups excluding tert-OH is 1. The number of piperidine rings is 1. The minimum atomic E-state index is -1.09. The Morgan fingerprint density at radius 2 is 1.69 bits per heavy atom. The van der Waals surface area contributed by atoms with Crippen molar-refractivity contribution in [1.82, 2.24) is 31.0 Å². The van der Waals surface area contributed by atoms with Crippen LogP contribution in [0.4, 0.5) is 0 Å². The summed E-state index contributed by atoms with van der Waals surface area (Å²) in [6.45, 7) is 13.2. The fourth-order valence-electron chi connectivity index (χ4n) is 10.0. The predicted molar refractivity (Wildman–Crippen MR) is 222 cm³/mol. The molecule has 5 saturated heterocycles. The molecule has 5 amide bonds. The summed E-state index contributed by atoms with van der Waals surface area (Å²) in [7, 11) is 0. The van der Waals surface area contributed by atoms with E-state index in [0.717, 1.165) is 41.0 Å². The number of rotatable bonds is 13. The van der Waals surface area contributed by atoms with Crippen LogP contribution in [0.2, 0.25) is 0 Å². The fourth-order valence-corrected chi connectivity index (χ4v) is 10.8. The highest BCUT2D eigenvalue weighted by Crippen LogP contribution is 2.60. The Labute approximate surface area is 360 Å². The van der Waals surface area contributed by atoms with Crippen LogP contribution in [0.1, 0.15) is 111 Å². The van der Waals surface area contributed by atoms with Gasteiger partial charge in [-0.05, 0) is 61.5 Å². The van der Waals surface area contributed by atoms with Crippen molar-refractivity contribution in [3.8, 4) is 10.4 Å². The highest BCUT2D eigenvalue weighted by molar-refractivity contribution is 7.13. The number of aromatic nitrogens is 1. The molecule has 10 unspecified atom stereocenters. The molecular weight excluding hydrogens is 805 g/mol. The highest BCUT2D eigenvalue weighted by atomic mass is 32.1. The number of fused-ring (bicyclic) bond motifs is 2. The van der Waals surface area contributed by atoms with Gasteiger partial charge in [0.05, 0.1) is 22.2 Å². The number of Topliss-reactive ketones (excluding diaryl/α,β-unsaturated/α-hetero) is 1. The maximum Gasteiger partial charge on any atom is 0.246 e. The number of aliphatic hydroxyl groups is 1. The Balaban J connectivity index is 0.906. The number of hydrazine groups is 1. The van der Waals surface area contributed by atoms with Crippen molar-refractivity contribution < 1.29 is 48.4 Å². The van der Waals surface area contributed by atoms with E-state index >= 15 is 0 Å². The summed E-state index contributed by atoms with van der Waals surface area (Å²) in [6, 6.07) is 5.78. The van der Waals surface area contributed by atoms with Crippen LogP contribution in [0.15, 0.2) is 29.8 Å². The number of β-amino-alcohol motifs (C(OH)–C–C–N with tert-alkyl or cyclic N) is 1. The first kappa shape index (κ1) is 44.8. The number of nitrogens with zero attached hydrogens (tertiary/aromatic N) is 3. The monoisotopic (exact) mass is 864 g/mol. The van der Waals surface area contributed by atoms with Crippen LogP contribution in [-0.2, 0) is 49.8 Å². The van der Waals surface area contributed by atoms with E-state index in [1.807, 2.05) is 38.1 Å². The number of likely N-dealkylation sites (tertiary alicyclic amines) is 1. The lowest BCUT2D eigenvalue weighted by atomic mass is 9.57. The Kier molecular flexibility index (Phi) is 12.8. The first-order chi connectivity index (χ1) is 28.8. The SMILES string of the molecule is Cc1ncsc1-c1ccc(CNC(=O)C2CC(O)CN2C(=O)C(NC(=O)CCC(=O)CCC(=O)NN2C(=O)C(C)C3CCC(C)C4CCC5(C)OOC43C2O5)C(C)(C)C)cc1. The number of carbonyl (C=O) groups is 6. The molecule has 1 aliphatic carbocycles. The summed E-state index contributed by atoms with van der Waals surface area (Å²) in [5.74, 6) is -3.99. The fraction of sp³-hybridized carbons (Fsp3) is 0.659. The van der Waals surface area contributed by atoms with Crippen molar-refractivity contribution in [2.75, 3.05) is 6.54 Å². The van der Waals surface area contributed by atoms with Gasteiger partial charge in [0.25, 0.3) is 0 Å². The second kappa shape index (κ2) is 17.5. The summed E-state index contributed by atoms with van der Waals surface area (Å²) in [6.07, 6.45) is 0.522. The number of amides is 5. The average Bonchev–Trinajstić information content (AvgIpc) is 3.76. The molecule has 1 spiro atoms. The van der Waals surface area contributed by atoms with E-state index in [4.69, 9.17) is 14.5 Å². The van der Waals surface area contributed by atoms with Crippen molar-refractivity contribution in [1.29, 1.82) is 0 Å². The number of benzene rings is 1. The van der Waals surface area contributed by atoms with Gasteiger partial charge in [0, 0.05) is 63.5 Å². The molecule has 1 aromatic carbocycles. The molecule has 16 nitrogen and oxygen atoms in total. The van der Waals surface area contributed by atoms with Crippen molar-refractivity contribution >= 4 is 46.7 Å². The zero-order valence-electron chi connectivity index (χ0n) is 36.2. The van der Waals surface area contributed by atoms with E-state index in [9.17, 15) is 33.9 Å². The number of hydrogen-bond donors (Lipinski definition) is 4. The number of aryl methyl sites for hydroxylation is 1. The van der Waals surface area contributed by atoms with Crippen LogP contribution in [-0.4, -0.2) is 97.7 Å². The first-order valence-corrected chi connectivity index (χ1v) is 22.4. The molecule has 6 aliphatic rings. The largest absolute Gasteiger partial charge is 0.391 e. The molecule has 2 bridgehead atoms. The minimum absolute atomic E-state index is 0.0510. The third-order valence-electron chi connectivity index (χ3n) is 13.5. The maximum absolute atomic E-state index is 14.1. The molecule has 61 heavy (non-hydrogen) atoms. The molecule has 8 rings (SSSR count). The summed E-state index contributed by atoms with van der Waals surface area (Å²) >= 11 is 1.56. The lowest BCUT2D eigenvalue weighted by molar-refractivity contribution is -0.549. The number of ketones is 1. The van der Waals surface area contributed by atoms with Gasteiger partial charge < -0.3 is 25.4 Å². The van der Waals surface area contributed by atoms with Crippen LogP contribution < -0.4 is 16.1 Å². The van der Waals surface area contributed by atoms with Gasteiger partial charge in [-0.3, -0.25) is 34.2 Å². The van der Waals surface area contributed by atoms with Gasteiger partial charge in [-0.15, -0.1) is 11.3 Å². The molecule has 4 N–H and O–H groups in total. The van der Waals surface area contributed by atoms with Gasteiger partial charge in [0.2, 0.25) is 35.3 Å². The van der Waals surface area contributed by atoms with Crippen LogP contribution in [0.25, 0.3) is 10.4 Å². The molecule has 1 saturated carbocycles. The van der Waals surface area contributed by atoms with Crippen LogP contribution in [0, 0.1) is 36.0 Å². The molecule has 2 aromatic rings. The van der Waals surface area contributed by atoms with Gasteiger partial charge in [-0.2, -0.15) is 0 Å². The second-order valence-corrected chi connectivity index (χ2v) is 19.8. The third kappa shape index (κ3) is 8.99. The number of ether oxygens (including phenoxy) is 1. The lowest BCUT2D eigenvalue weighted by Crippen LogP contribution is -2.77. The van der Waals surface area contributed by atoms with Gasteiger partial charge in [0.15, 0.2) is 11.8 Å². The summed E-state index contributed by atoms with van der Waals surface area (Å²) in [5, 5.41) is 17.5. The van der Waals surface area contributed by atoms with E-state index in [0.29, 0.717) is 12.3 Å². The Bertz CT molecular complexity index is 2020. The van der Waals surface area contributed by atoms with Crippen LogP contribution in [0.5, 0.6) is 0 Å². The van der Waals surface area contributed by atoms with Gasteiger partial charge in [-0.25, -0.2) is 19.8 Å². The summed E-state index contributed by atoms with van der Waals surface area (Å²) in [4.78, 5) is 99.7. The zero-order chi connectivity index (χ0) is 44.0. The molecule has 5 aliphatic heterocycles. The van der Waals surface area contributed by atoms with Crippen molar-refractivity contribution in [3.63, 3.8) is 0 Å². The van der Waals surface area contributed by atoms with Crippen molar-refractivity contribution in [2.45, 2.75) is 149 Å². The van der Waals surface area contributed by atoms with E-state index in [2.05, 4.69) is 28.0 Å². The van der Waals surface area contributed by atoms with Crippen molar-refractivity contribution in [2.24, 2.45) is 29.1 Å². The number of carbonyl (C=O) groups excluding carboxylic acids is 6. The molecule has 17 heteroatoms. The first-order valence-electron chi connectivity index (χ1n) is 21.5. The summed E-state index contributed by atoms with van der Waals surface area (Å²) in [5.41, 5.74) is 5.64. The maximum atomic E-state index is 14.1. The van der Waals surface area contributed by atoms with Crippen LogP contribution in [0.3, 0.4) is 0 Å². The summed E-state index contributed by atoms with van der Waals surface area (Å²) < 4.78 is 6.44. The van der Waals surface area contributed by atoms with Gasteiger partial charge in [0.1, 0.15) is 17.9 Å². The molecule has 0 radical (unpaired) electrons. The number of hydrogen-bond acceptors (Lipinski definition) is 12. The van der Waals surface area contributed by atoms with Crippen molar-refractivity contribution in [3.05, 3.63) is 41.0 Å².